The zero-order valence-electron chi connectivity index (χ0n) is 7.13. The molecule has 0 bridgehead atoms. The third-order valence-corrected chi connectivity index (χ3v) is 2.83. The van der Waals surface area contributed by atoms with E-state index in [9.17, 15) is 4.79 Å². The van der Waals surface area contributed by atoms with Crippen molar-refractivity contribution in [1.82, 2.24) is 9.97 Å². The molecule has 0 atom stereocenters. The van der Waals surface area contributed by atoms with Crippen molar-refractivity contribution in [2.24, 2.45) is 5.92 Å². The highest BCUT2D eigenvalue weighted by Crippen LogP contribution is 2.30. The smallest absolute Gasteiger partial charge is 0.228 e. The van der Waals surface area contributed by atoms with Crippen LogP contribution in [0.2, 0.25) is 0 Å². The average Bonchev–Trinajstić information content (AvgIpc) is 2.92. The van der Waals surface area contributed by atoms with Crippen molar-refractivity contribution in [2.75, 3.05) is 5.32 Å². The molecule has 0 aromatic carbocycles. The van der Waals surface area contributed by atoms with Gasteiger partial charge in [0.05, 0.1) is 6.20 Å². The number of amides is 1. The number of halogens is 2. The lowest BCUT2D eigenvalue weighted by Gasteiger charge is -2.04. The highest BCUT2D eigenvalue weighted by atomic mass is 79.9. The second-order valence-corrected chi connectivity index (χ2v) is 4.66. The quantitative estimate of drug-likeness (QED) is 0.910. The highest BCUT2D eigenvalue weighted by molar-refractivity contribution is 9.11. The first-order valence-corrected chi connectivity index (χ1v) is 5.74. The van der Waals surface area contributed by atoms with Crippen molar-refractivity contribution in [3.8, 4) is 0 Å². The Kier molecular flexibility index (Phi) is 2.83. The van der Waals surface area contributed by atoms with E-state index in [1.54, 1.807) is 6.20 Å². The summed E-state index contributed by atoms with van der Waals surface area (Å²) in [4.78, 5) is 19.5. The average molecular weight is 321 g/mol. The molecule has 1 aliphatic carbocycles. The van der Waals surface area contributed by atoms with Crippen LogP contribution in [0.1, 0.15) is 12.8 Å². The van der Waals surface area contributed by atoms with Crippen molar-refractivity contribution in [2.45, 2.75) is 12.8 Å². The second kappa shape index (κ2) is 3.94. The van der Waals surface area contributed by atoms with Crippen molar-refractivity contribution >= 4 is 43.6 Å². The molecule has 1 amide bonds. The van der Waals surface area contributed by atoms with E-state index in [0.29, 0.717) is 15.0 Å². The van der Waals surface area contributed by atoms with Crippen LogP contribution in [0.25, 0.3) is 0 Å². The van der Waals surface area contributed by atoms with Crippen LogP contribution in [-0.2, 0) is 4.79 Å². The minimum absolute atomic E-state index is 0.0299. The number of rotatable bonds is 2. The van der Waals surface area contributed by atoms with Gasteiger partial charge in [0.25, 0.3) is 0 Å². The first kappa shape index (κ1) is 10.0. The van der Waals surface area contributed by atoms with E-state index in [2.05, 4.69) is 47.1 Å². The third-order valence-electron chi connectivity index (χ3n) is 1.89. The molecule has 0 aliphatic heterocycles. The Hall–Kier alpha value is -0.490. The molecule has 0 spiro atoms. The van der Waals surface area contributed by atoms with Gasteiger partial charge < -0.3 is 5.32 Å². The first-order chi connectivity index (χ1) is 6.66. The van der Waals surface area contributed by atoms with E-state index in [-0.39, 0.29) is 11.8 Å². The predicted octanol–water partition coefficient (Wildman–Crippen LogP) is 2.35. The Balaban J connectivity index is 2.11. The summed E-state index contributed by atoms with van der Waals surface area (Å²) in [5, 5.41) is 2.72. The molecule has 2 rings (SSSR count). The molecule has 1 heterocycles. The predicted molar refractivity (Wildman–Crippen MR) is 58.8 cm³/mol. The summed E-state index contributed by atoms with van der Waals surface area (Å²) in [5.41, 5.74) is 0. The maximum atomic E-state index is 11.4. The summed E-state index contributed by atoms with van der Waals surface area (Å²) >= 11 is 6.41. The van der Waals surface area contributed by atoms with Crippen molar-refractivity contribution < 1.29 is 4.79 Å². The van der Waals surface area contributed by atoms with E-state index < -0.39 is 0 Å². The van der Waals surface area contributed by atoms with E-state index in [1.165, 1.54) is 0 Å². The summed E-state index contributed by atoms with van der Waals surface area (Å²) < 4.78 is 1.18. The molecule has 74 valence electrons. The lowest BCUT2D eigenvalue weighted by molar-refractivity contribution is -0.117. The minimum Gasteiger partial charge on any atom is -0.308 e. The molecule has 1 aromatic heterocycles. The number of nitrogens with zero attached hydrogens (tertiary/aromatic N) is 2. The molecule has 1 fully saturated rings. The minimum atomic E-state index is 0.0299. The number of nitrogens with one attached hydrogen (secondary N) is 1. The van der Waals surface area contributed by atoms with Crippen LogP contribution in [0, 0.1) is 5.92 Å². The van der Waals surface area contributed by atoms with Crippen LogP contribution >= 0.6 is 31.9 Å². The molecule has 6 heteroatoms. The Bertz CT molecular complexity index is 379. The zero-order valence-corrected chi connectivity index (χ0v) is 10.3. The molecule has 1 aliphatic rings. The Morgan fingerprint density at radius 1 is 1.50 bits per heavy atom. The van der Waals surface area contributed by atoms with Crippen LogP contribution in [0.3, 0.4) is 0 Å². The van der Waals surface area contributed by atoms with Crippen molar-refractivity contribution in [3.63, 3.8) is 0 Å². The number of aromatic nitrogens is 2. The van der Waals surface area contributed by atoms with Crippen LogP contribution in [0.5, 0.6) is 0 Å². The molecule has 0 radical (unpaired) electrons. The SMILES string of the molecule is O=C(Nc1ncc(Br)nc1Br)C1CC1. The van der Waals surface area contributed by atoms with E-state index in [4.69, 9.17) is 0 Å². The molecule has 0 saturated heterocycles. The third kappa shape index (κ3) is 2.30. The topological polar surface area (TPSA) is 54.9 Å². The van der Waals surface area contributed by atoms with E-state index in [0.717, 1.165) is 12.8 Å². The molecule has 1 saturated carbocycles. The normalized spacial score (nSPS) is 15.3. The summed E-state index contributed by atoms with van der Waals surface area (Å²) in [6.45, 7) is 0. The van der Waals surface area contributed by atoms with Gasteiger partial charge in [0.1, 0.15) is 9.21 Å². The van der Waals surface area contributed by atoms with Gasteiger partial charge in [0.15, 0.2) is 5.82 Å². The number of carbonyl (C=O) groups is 1. The summed E-state index contributed by atoms with van der Waals surface area (Å²) in [6, 6.07) is 0. The monoisotopic (exact) mass is 319 g/mol. The van der Waals surface area contributed by atoms with Gasteiger partial charge in [0.2, 0.25) is 5.91 Å². The van der Waals surface area contributed by atoms with Crippen LogP contribution in [-0.4, -0.2) is 15.9 Å². The summed E-state index contributed by atoms with van der Waals surface area (Å²) in [6.07, 6.45) is 3.51. The fourth-order valence-electron chi connectivity index (χ4n) is 0.995. The van der Waals surface area contributed by atoms with Crippen molar-refractivity contribution in [3.05, 3.63) is 15.4 Å². The number of anilines is 1. The number of carbonyl (C=O) groups excluding carboxylic acids is 1. The van der Waals surface area contributed by atoms with E-state index in [1.807, 2.05) is 0 Å². The molecule has 0 unspecified atom stereocenters. The number of hydrogen-bond acceptors (Lipinski definition) is 3. The number of hydrogen-bond donors (Lipinski definition) is 1. The standard InChI is InChI=1S/C8H7Br2N3O/c9-5-3-11-7(6(10)12-5)13-8(14)4-1-2-4/h3-4H,1-2H2,(H,11,13,14). The highest BCUT2D eigenvalue weighted by Gasteiger charge is 2.30. The van der Waals surface area contributed by atoms with Crippen molar-refractivity contribution in [1.29, 1.82) is 0 Å². The summed E-state index contributed by atoms with van der Waals surface area (Å²) in [5.74, 6) is 0.680. The Morgan fingerprint density at radius 2 is 2.21 bits per heavy atom. The molecular weight excluding hydrogens is 314 g/mol. The maximum Gasteiger partial charge on any atom is 0.228 e. The zero-order chi connectivity index (χ0) is 10.1. The molecule has 1 aromatic rings. The van der Waals surface area contributed by atoms with E-state index >= 15 is 0 Å². The van der Waals surface area contributed by atoms with Gasteiger partial charge in [-0.1, -0.05) is 0 Å². The maximum absolute atomic E-state index is 11.4. The molecule has 1 N–H and O–H groups in total. The van der Waals surface area contributed by atoms with Gasteiger partial charge in [-0.2, -0.15) is 0 Å². The lowest BCUT2D eigenvalue weighted by Crippen LogP contribution is -2.15. The first-order valence-electron chi connectivity index (χ1n) is 4.15. The fourth-order valence-corrected chi connectivity index (χ4v) is 1.90. The van der Waals surface area contributed by atoms with Gasteiger partial charge in [-0.15, -0.1) is 0 Å². The largest absolute Gasteiger partial charge is 0.308 e. The summed E-state index contributed by atoms with van der Waals surface area (Å²) in [7, 11) is 0. The molecular formula is C8H7Br2N3O. The van der Waals surface area contributed by atoms with Gasteiger partial charge >= 0.3 is 0 Å². The van der Waals surface area contributed by atoms with Gasteiger partial charge in [-0.25, -0.2) is 9.97 Å². The lowest BCUT2D eigenvalue weighted by atomic mass is 10.4. The molecule has 14 heavy (non-hydrogen) atoms. The van der Waals surface area contributed by atoms with Crippen LogP contribution in [0.15, 0.2) is 15.4 Å². The van der Waals surface area contributed by atoms with Gasteiger partial charge in [-0.3, -0.25) is 4.79 Å². The van der Waals surface area contributed by atoms with Gasteiger partial charge in [0, 0.05) is 5.92 Å². The second-order valence-electron chi connectivity index (χ2n) is 3.10. The Labute approximate surface area is 97.8 Å². The Morgan fingerprint density at radius 3 is 2.79 bits per heavy atom. The molecule has 4 nitrogen and oxygen atoms in total. The van der Waals surface area contributed by atoms with Gasteiger partial charge in [-0.05, 0) is 44.7 Å². The van der Waals surface area contributed by atoms with Crippen LogP contribution < -0.4 is 5.32 Å². The van der Waals surface area contributed by atoms with Crippen LogP contribution in [0.4, 0.5) is 5.82 Å². The fraction of sp³-hybridized carbons (Fsp3) is 0.375.